The molecule has 104 valence electrons. The molecule has 3 N–H and O–H groups in total. The molecule has 0 spiro atoms. The van der Waals surface area contributed by atoms with Crippen molar-refractivity contribution in [2.45, 2.75) is 38.0 Å². The van der Waals surface area contributed by atoms with Crippen molar-refractivity contribution in [3.05, 3.63) is 29.3 Å². The number of fused-ring (bicyclic) bond motifs is 1. The zero-order valence-electron chi connectivity index (χ0n) is 11.4. The first-order chi connectivity index (χ1) is 9.19. The third-order valence-electron chi connectivity index (χ3n) is 4.37. The Morgan fingerprint density at radius 2 is 2.32 bits per heavy atom. The topological polar surface area (TPSA) is 58.7 Å². The lowest BCUT2D eigenvalue weighted by Gasteiger charge is -2.41. The molecule has 4 heteroatoms. The number of rotatable bonds is 2. The molecule has 1 aliphatic heterocycles. The number of benzene rings is 1. The highest BCUT2D eigenvalue weighted by atomic mass is 16.5. The van der Waals surface area contributed by atoms with Gasteiger partial charge in [-0.25, -0.2) is 0 Å². The number of hydrogen-bond donors (Lipinski definition) is 2. The largest absolute Gasteiger partial charge is 0.399 e. The van der Waals surface area contributed by atoms with Gasteiger partial charge in [0.05, 0.1) is 19.3 Å². The van der Waals surface area contributed by atoms with Gasteiger partial charge in [-0.1, -0.05) is 6.07 Å². The molecule has 0 aromatic heterocycles. The molecule has 0 radical (unpaired) electrons. The maximum atomic E-state index is 9.30. The van der Waals surface area contributed by atoms with E-state index in [0.29, 0.717) is 18.7 Å². The van der Waals surface area contributed by atoms with Crippen LogP contribution in [-0.2, 0) is 11.2 Å². The van der Waals surface area contributed by atoms with Gasteiger partial charge in [-0.15, -0.1) is 0 Å². The summed E-state index contributed by atoms with van der Waals surface area (Å²) >= 11 is 0. The van der Waals surface area contributed by atoms with Crippen LogP contribution in [0.5, 0.6) is 0 Å². The van der Waals surface area contributed by atoms with Gasteiger partial charge in [-0.3, -0.25) is 4.90 Å². The van der Waals surface area contributed by atoms with Gasteiger partial charge in [-0.2, -0.15) is 0 Å². The summed E-state index contributed by atoms with van der Waals surface area (Å²) in [7, 11) is 0. The van der Waals surface area contributed by atoms with E-state index in [-0.39, 0.29) is 12.7 Å². The number of anilines is 1. The highest BCUT2D eigenvalue weighted by molar-refractivity contribution is 5.47. The fraction of sp³-hybridized carbons (Fsp3) is 0.600. The summed E-state index contributed by atoms with van der Waals surface area (Å²) < 4.78 is 5.62. The smallest absolute Gasteiger partial charge is 0.0933 e. The molecule has 4 nitrogen and oxygen atoms in total. The van der Waals surface area contributed by atoms with Crippen molar-refractivity contribution in [1.29, 1.82) is 0 Å². The van der Waals surface area contributed by atoms with Gasteiger partial charge in [0.2, 0.25) is 0 Å². The Bertz CT molecular complexity index is 463. The van der Waals surface area contributed by atoms with E-state index in [2.05, 4.69) is 24.0 Å². The maximum absolute atomic E-state index is 9.30. The second-order valence-corrected chi connectivity index (χ2v) is 5.70. The highest BCUT2D eigenvalue weighted by Crippen LogP contribution is 2.38. The Hall–Kier alpha value is -1.10. The van der Waals surface area contributed by atoms with Crippen molar-refractivity contribution in [2.24, 2.45) is 0 Å². The van der Waals surface area contributed by atoms with E-state index < -0.39 is 0 Å². The van der Waals surface area contributed by atoms with Gasteiger partial charge in [0, 0.05) is 24.3 Å². The van der Waals surface area contributed by atoms with Crippen LogP contribution in [-0.4, -0.2) is 41.9 Å². The van der Waals surface area contributed by atoms with E-state index in [9.17, 15) is 5.11 Å². The summed E-state index contributed by atoms with van der Waals surface area (Å²) in [6, 6.07) is 7.11. The fourth-order valence-corrected chi connectivity index (χ4v) is 3.34. The van der Waals surface area contributed by atoms with Gasteiger partial charge >= 0.3 is 0 Å². The molecular formula is C15H22N2O2. The number of nitrogens with two attached hydrogens (primary N) is 1. The molecule has 0 bridgehead atoms. The molecule has 2 aliphatic rings. The van der Waals surface area contributed by atoms with Crippen LogP contribution in [0.15, 0.2) is 18.2 Å². The van der Waals surface area contributed by atoms with Crippen molar-refractivity contribution in [3.8, 4) is 0 Å². The molecule has 3 rings (SSSR count). The molecule has 1 aliphatic carbocycles. The monoisotopic (exact) mass is 262 g/mol. The highest BCUT2D eigenvalue weighted by Gasteiger charge is 2.35. The van der Waals surface area contributed by atoms with Crippen molar-refractivity contribution < 1.29 is 9.84 Å². The van der Waals surface area contributed by atoms with E-state index in [0.717, 1.165) is 25.1 Å². The van der Waals surface area contributed by atoms with E-state index in [1.165, 1.54) is 11.1 Å². The Labute approximate surface area is 114 Å². The fourth-order valence-electron chi connectivity index (χ4n) is 3.34. The lowest BCUT2D eigenvalue weighted by Crippen LogP contribution is -2.50. The predicted molar refractivity (Wildman–Crippen MR) is 74.9 cm³/mol. The van der Waals surface area contributed by atoms with Gasteiger partial charge in [-0.05, 0) is 43.0 Å². The Balaban J connectivity index is 1.83. The third kappa shape index (κ3) is 2.36. The first-order valence-electron chi connectivity index (χ1n) is 7.05. The van der Waals surface area contributed by atoms with Crippen LogP contribution in [0.25, 0.3) is 0 Å². The number of morpholine rings is 1. The quantitative estimate of drug-likeness (QED) is 0.790. The second-order valence-electron chi connectivity index (χ2n) is 5.70. The van der Waals surface area contributed by atoms with Gasteiger partial charge < -0.3 is 15.6 Å². The summed E-state index contributed by atoms with van der Waals surface area (Å²) in [4.78, 5) is 2.48. The number of aliphatic hydroxyl groups excluding tert-OH is 1. The number of hydrogen-bond acceptors (Lipinski definition) is 4. The molecule has 19 heavy (non-hydrogen) atoms. The number of ether oxygens (including phenoxy) is 1. The van der Waals surface area contributed by atoms with Gasteiger partial charge in [0.15, 0.2) is 0 Å². The van der Waals surface area contributed by atoms with Crippen LogP contribution in [0.4, 0.5) is 5.69 Å². The first kappa shape index (κ1) is 12.9. The molecule has 1 saturated heterocycles. The maximum Gasteiger partial charge on any atom is 0.0933 e. The lowest BCUT2D eigenvalue weighted by atomic mass is 10.0. The summed E-state index contributed by atoms with van der Waals surface area (Å²) in [5.74, 6) is 0. The average molecular weight is 262 g/mol. The normalized spacial score (nSPS) is 31.4. The van der Waals surface area contributed by atoms with Crippen LogP contribution in [0, 0.1) is 0 Å². The molecule has 1 heterocycles. The lowest BCUT2D eigenvalue weighted by molar-refractivity contribution is -0.0915. The summed E-state index contributed by atoms with van der Waals surface area (Å²) in [6.45, 7) is 3.81. The SMILES string of the molecule is CC1COC(CO)CN1C1CCc2cc(N)ccc21. The molecule has 1 aromatic rings. The van der Waals surface area contributed by atoms with E-state index in [1.807, 2.05) is 6.07 Å². The second kappa shape index (κ2) is 5.12. The Morgan fingerprint density at radius 1 is 1.47 bits per heavy atom. The molecule has 3 unspecified atom stereocenters. The summed E-state index contributed by atoms with van der Waals surface area (Å²) in [5, 5.41) is 9.30. The van der Waals surface area contributed by atoms with Gasteiger partial charge in [0.25, 0.3) is 0 Å². The van der Waals surface area contributed by atoms with Crippen molar-refractivity contribution >= 4 is 5.69 Å². The first-order valence-corrected chi connectivity index (χ1v) is 7.05. The number of nitrogens with zero attached hydrogens (tertiary/aromatic N) is 1. The van der Waals surface area contributed by atoms with Gasteiger partial charge in [0.1, 0.15) is 0 Å². The molecule has 1 fully saturated rings. The van der Waals surface area contributed by atoms with Crippen LogP contribution in [0.1, 0.15) is 30.5 Å². The zero-order chi connectivity index (χ0) is 13.4. The van der Waals surface area contributed by atoms with E-state index in [1.54, 1.807) is 0 Å². The average Bonchev–Trinajstić information content (AvgIpc) is 2.82. The predicted octanol–water partition coefficient (Wildman–Crippen LogP) is 1.34. The van der Waals surface area contributed by atoms with Crippen molar-refractivity contribution in [2.75, 3.05) is 25.5 Å². The standard InChI is InChI=1S/C15H22N2O2/c1-10-9-19-13(8-18)7-17(10)15-5-2-11-6-12(16)3-4-14(11)15/h3-4,6,10,13,15,18H,2,5,7-9,16H2,1H3. The molecular weight excluding hydrogens is 240 g/mol. The molecule has 0 saturated carbocycles. The van der Waals surface area contributed by atoms with E-state index >= 15 is 0 Å². The minimum absolute atomic E-state index is 0.0472. The Kier molecular flexibility index (Phi) is 3.48. The van der Waals surface area contributed by atoms with Crippen molar-refractivity contribution in [3.63, 3.8) is 0 Å². The van der Waals surface area contributed by atoms with Crippen LogP contribution in [0.3, 0.4) is 0 Å². The number of aliphatic hydroxyl groups is 1. The number of nitrogen functional groups attached to an aromatic ring is 1. The van der Waals surface area contributed by atoms with Crippen LogP contribution < -0.4 is 5.73 Å². The summed E-state index contributed by atoms with van der Waals surface area (Å²) in [6.07, 6.45) is 2.19. The zero-order valence-corrected chi connectivity index (χ0v) is 11.4. The number of aryl methyl sites for hydroxylation is 1. The molecule has 1 aromatic carbocycles. The Morgan fingerprint density at radius 3 is 3.11 bits per heavy atom. The minimum atomic E-state index is -0.0472. The third-order valence-corrected chi connectivity index (χ3v) is 4.37. The minimum Gasteiger partial charge on any atom is -0.399 e. The molecule has 0 amide bonds. The molecule has 3 atom stereocenters. The van der Waals surface area contributed by atoms with E-state index in [4.69, 9.17) is 10.5 Å². The van der Waals surface area contributed by atoms with Crippen molar-refractivity contribution in [1.82, 2.24) is 4.90 Å². The summed E-state index contributed by atoms with van der Waals surface area (Å²) in [5.41, 5.74) is 9.49. The van der Waals surface area contributed by atoms with Crippen LogP contribution >= 0.6 is 0 Å². The van der Waals surface area contributed by atoms with Crippen LogP contribution in [0.2, 0.25) is 0 Å².